The van der Waals surface area contributed by atoms with Crippen LogP contribution in [-0.4, -0.2) is 36.6 Å². The lowest BCUT2D eigenvalue weighted by Gasteiger charge is -2.32. The van der Waals surface area contributed by atoms with Crippen LogP contribution in [0.25, 0.3) is 6.08 Å². The highest BCUT2D eigenvalue weighted by atomic mass is 19.1. The van der Waals surface area contributed by atoms with Gasteiger partial charge in [0.1, 0.15) is 11.4 Å². The molecule has 1 aromatic carbocycles. The Morgan fingerprint density at radius 1 is 1.21 bits per heavy atom. The lowest BCUT2D eigenvalue weighted by atomic mass is 9.76. The topological polar surface area (TPSA) is 56.8 Å². The molecule has 7 heteroatoms. The van der Waals surface area contributed by atoms with Crippen LogP contribution in [0, 0.1) is 12.7 Å². The first kappa shape index (κ1) is 22.4. The summed E-state index contributed by atoms with van der Waals surface area (Å²) in [7, 11) is -0.709. The number of carbonyl (C=O) groups excluding carboxylic acids is 1. The van der Waals surface area contributed by atoms with Gasteiger partial charge in [-0.05, 0) is 72.5 Å². The summed E-state index contributed by atoms with van der Waals surface area (Å²) in [5.74, 6) is -0.341. The fraction of sp³-hybridized carbons (Fsp3) is 0.571. The molecule has 0 aromatic heterocycles. The van der Waals surface area contributed by atoms with Gasteiger partial charge in [0.25, 0.3) is 0 Å². The Kier molecular flexibility index (Phi) is 6.31. The summed E-state index contributed by atoms with van der Waals surface area (Å²) in [5, 5.41) is 2.72. The largest absolute Gasteiger partial charge is 0.492 e. The molecule has 5 nitrogen and oxygen atoms in total. The average Bonchev–Trinajstić information content (AvgIpc) is 2.72. The third-order valence-corrected chi connectivity index (χ3v) is 4.99. The normalized spacial score (nSPS) is 18.9. The van der Waals surface area contributed by atoms with Crippen molar-refractivity contribution in [2.75, 3.05) is 6.54 Å². The van der Waals surface area contributed by atoms with Gasteiger partial charge in [0.2, 0.25) is 0 Å². The molecule has 0 saturated carbocycles. The van der Waals surface area contributed by atoms with E-state index in [2.05, 4.69) is 5.32 Å². The third kappa shape index (κ3) is 5.36. The van der Waals surface area contributed by atoms with Gasteiger partial charge in [0, 0.05) is 12.1 Å². The minimum Gasteiger partial charge on any atom is -0.444 e. The van der Waals surface area contributed by atoms with Crippen molar-refractivity contribution in [2.45, 2.75) is 72.2 Å². The number of alkyl carbamates (subject to hydrolysis) is 1. The van der Waals surface area contributed by atoms with E-state index in [0.717, 1.165) is 5.56 Å². The molecule has 2 rings (SSSR count). The van der Waals surface area contributed by atoms with E-state index >= 15 is 0 Å². The summed E-state index contributed by atoms with van der Waals surface area (Å²) in [6, 6.07) is 4.90. The van der Waals surface area contributed by atoms with E-state index in [4.69, 9.17) is 14.0 Å². The van der Waals surface area contributed by atoms with Crippen LogP contribution in [0.1, 0.15) is 59.6 Å². The van der Waals surface area contributed by atoms with Crippen molar-refractivity contribution in [1.82, 2.24) is 5.32 Å². The van der Waals surface area contributed by atoms with Gasteiger partial charge in [-0.25, -0.2) is 9.18 Å². The minimum absolute atomic E-state index is 0.111. The molecule has 0 unspecified atom stereocenters. The number of amides is 1. The SMILES string of the molecule is Cc1cccc(F)c1C=C(CNC(=O)OC(C)(C)C)B1OC(C)(C)C(C)(C)O1. The molecule has 1 amide bonds. The average molecular weight is 391 g/mol. The van der Waals surface area contributed by atoms with Crippen LogP contribution in [0.15, 0.2) is 23.7 Å². The minimum atomic E-state index is -0.709. The fourth-order valence-corrected chi connectivity index (χ4v) is 2.70. The molecular formula is C21H31BFNO4. The van der Waals surface area contributed by atoms with Crippen LogP contribution in [-0.2, 0) is 14.0 Å². The van der Waals surface area contributed by atoms with E-state index in [1.54, 1.807) is 32.9 Å². The number of hydrogen-bond acceptors (Lipinski definition) is 4. The Bertz CT molecular complexity index is 732. The fourth-order valence-electron chi connectivity index (χ4n) is 2.70. The zero-order chi connectivity index (χ0) is 21.3. The molecule has 1 aliphatic rings. The maximum atomic E-state index is 14.4. The van der Waals surface area contributed by atoms with E-state index in [1.165, 1.54) is 6.07 Å². The van der Waals surface area contributed by atoms with Gasteiger partial charge < -0.3 is 19.4 Å². The van der Waals surface area contributed by atoms with E-state index in [-0.39, 0.29) is 12.4 Å². The molecule has 0 radical (unpaired) electrons. The number of halogens is 1. The Morgan fingerprint density at radius 3 is 2.29 bits per heavy atom. The molecule has 1 aliphatic heterocycles. The molecule has 0 spiro atoms. The molecular weight excluding hydrogens is 360 g/mol. The number of aryl methyl sites for hydroxylation is 1. The number of rotatable bonds is 4. The first-order valence-electron chi connectivity index (χ1n) is 9.50. The van der Waals surface area contributed by atoms with E-state index < -0.39 is 30.0 Å². The van der Waals surface area contributed by atoms with Gasteiger partial charge in [0.15, 0.2) is 0 Å². The Balaban J connectivity index is 2.32. The Hall–Kier alpha value is -1.86. The summed E-state index contributed by atoms with van der Waals surface area (Å²) in [4.78, 5) is 12.1. The smallest absolute Gasteiger partial charge is 0.444 e. The number of nitrogens with one attached hydrogen (secondary N) is 1. The zero-order valence-electron chi connectivity index (χ0n) is 18.1. The molecule has 154 valence electrons. The van der Waals surface area contributed by atoms with Gasteiger partial charge in [-0.15, -0.1) is 0 Å². The Labute approximate surface area is 167 Å². The van der Waals surface area contributed by atoms with E-state index in [1.807, 2.05) is 40.7 Å². The van der Waals surface area contributed by atoms with Crippen molar-refractivity contribution < 1.29 is 23.2 Å². The number of carbonyl (C=O) groups is 1. The second-order valence-corrected chi connectivity index (χ2v) is 9.13. The van der Waals surface area contributed by atoms with Crippen molar-refractivity contribution >= 4 is 19.3 Å². The first-order chi connectivity index (χ1) is 12.7. The first-order valence-corrected chi connectivity index (χ1v) is 9.50. The second-order valence-electron chi connectivity index (χ2n) is 9.13. The number of benzene rings is 1. The predicted octanol–water partition coefficient (Wildman–Crippen LogP) is 4.67. The van der Waals surface area contributed by atoms with Crippen LogP contribution < -0.4 is 5.32 Å². The highest BCUT2D eigenvalue weighted by Gasteiger charge is 2.52. The quantitative estimate of drug-likeness (QED) is 0.758. The predicted molar refractivity (Wildman–Crippen MR) is 109 cm³/mol. The molecule has 0 bridgehead atoms. The monoisotopic (exact) mass is 391 g/mol. The second kappa shape index (κ2) is 7.87. The van der Waals surface area contributed by atoms with Crippen molar-refractivity contribution in [3.63, 3.8) is 0 Å². The standard InChI is InChI=1S/C21H31BFNO4/c1-14-10-9-11-17(23)16(14)12-15(13-24-18(25)26-19(2,3)4)22-27-20(5,6)21(7,8)28-22/h9-12H,13H2,1-8H3,(H,24,25). The van der Waals surface area contributed by atoms with E-state index in [0.29, 0.717) is 11.0 Å². The summed E-state index contributed by atoms with van der Waals surface area (Å²) < 4.78 is 31.9. The van der Waals surface area contributed by atoms with Crippen LogP contribution in [0.2, 0.25) is 0 Å². The van der Waals surface area contributed by atoms with Gasteiger partial charge in [-0.2, -0.15) is 0 Å². The van der Waals surface area contributed by atoms with Crippen molar-refractivity contribution in [3.05, 3.63) is 40.6 Å². The lowest BCUT2D eigenvalue weighted by Crippen LogP contribution is -2.41. The van der Waals surface area contributed by atoms with Gasteiger partial charge >= 0.3 is 13.2 Å². The van der Waals surface area contributed by atoms with Gasteiger partial charge in [0.05, 0.1) is 11.2 Å². The molecule has 1 saturated heterocycles. The van der Waals surface area contributed by atoms with E-state index in [9.17, 15) is 9.18 Å². The summed E-state index contributed by atoms with van der Waals surface area (Å²) in [6.07, 6.45) is 1.13. The van der Waals surface area contributed by atoms with Crippen LogP contribution in [0.3, 0.4) is 0 Å². The van der Waals surface area contributed by atoms with Crippen LogP contribution >= 0.6 is 0 Å². The lowest BCUT2D eigenvalue weighted by molar-refractivity contribution is 0.00578. The molecule has 1 fully saturated rings. The van der Waals surface area contributed by atoms with Crippen molar-refractivity contribution in [2.24, 2.45) is 0 Å². The highest BCUT2D eigenvalue weighted by molar-refractivity contribution is 6.56. The summed E-state index contributed by atoms with van der Waals surface area (Å²) >= 11 is 0. The highest BCUT2D eigenvalue weighted by Crippen LogP contribution is 2.39. The maximum absolute atomic E-state index is 14.4. The van der Waals surface area contributed by atoms with Crippen molar-refractivity contribution in [1.29, 1.82) is 0 Å². The van der Waals surface area contributed by atoms with Crippen LogP contribution in [0.5, 0.6) is 0 Å². The molecule has 0 aliphatic carbocycles. The maximum Gasteiger partial charge on any atom is 0.492 e. The molecule has 1 N–H and O–H groups in total. The van der Waals surface area contributed by atoms with Crippen molar-refractivity contribution in [3.8, 4) is 0 Å². The summed E-state index contributed by atoms with van der Waals surface area (Å²) in [6.45, 7) is 15.1. The molecule has 1 heterocycles. The third-order valence-electron chi connectivity index (χ3n) is 4.99. The number of ether oxygens (including phenoxy) is 1. The number of hydrogen-bond donors (Lipinski definition) is 1. The molecule has 0 atom stereocenters. The Morgan fingerprint density at radius 2 is 1.79 bits per heavy atom. The van der Waals surface area contributed by atoms with Gasteiger partial charge in [-0.3, -0.25) is 0 Å². The van der Waals surface area contributed by atoms with Gasteiger partial charge in [-0.1, -0.05) is 18.2 Å². The molecule has 28 heavy (non-hydrogen) atoms. The zero-order valence-corrected chi connectivity index (χ0v) is 18.1. The molecule has 1 aromatic rings. The summed E-state index contributed by atoms with van der Waals surface area (Å²) in [5.41, 5.74) is 0.127. The van der Waals surface area contributed by atoms with Crippen LogP contribution in [0.4, 0.5) is 9.18 Å².